The van der Waals surface area contributed by atoms with Gasteiger partial charge in [0, 0.05) is 16.6 Å². The Morgan fingerprint density at radius 3 is 2.56 bits per heavy atom. The van der Waals surface area contributed by atoms with Gasteiger partial charge < -0.3 is 5.32 Å². The van der Waals surface area contributed by atoms with Crippen molar-refractivity contribution in [2.24, 2.45) is 5.41 Å². The van der Waals surface area contributed by atoms with Gasteiger partial charge in [-0.25, -0.2) is 0 Å². The van der Waals surface area contributed by atoms with Crippen molar-refractivity contribution in [1.82, 2.24) is 5.32 Å². The fourth-order valence-corrected chi connectivity index (χ4v) is 3.48. The lowest BCUT2D eigenvalue weighted by atomic mass is 9.80. The Kier molecular flexibility index (Phi) is 4.94. The Morgan fingerprint density at radius 1 is 1.22 bits per heavy atom. The van der Waals surface area contributed by atoms with Gasteiger partial charge >= 0.3 is 0 Å². The number of rotatable bonds is 5. The highest BCUT2D eigenvalue weighted by Gasteiger charge is 2.33. The molecule has 1 aromatic carbocycles. The van der Waals surface area contributed by atoms with Crippen molar-refractivity contribution in [2.45, 2.75) is 39.0 Å². The lowest BCUT2D eigenvalue weighted by Gasteiger charge is -2.30. The van der Waals surface area contributed by atoms with Crippen molar-refractivity contribution in [3.05, 3.63) is 33.8 Å². The molecule has 1 N–H and O–H groups in total. The molecule has 1 fully saturated rings. The van der Waals surface area contributed by atoms with Gasteiger partial charge in [0.1, 0.15) is 0 Å². The minimum absolute atomic E-state index is 0.396. The number of hydrogen-bond acceptors (Lipinski definition) is 1. The van der Waals surface area contributed by atoms with Crippen LogP contribution in [0.2, 0.25) is 10.0 Å². The quantitative estimate of drug-likeness (QED) is 0.827. The third-order valence-corrected chi connectivity index (χ3v) is 4.58. The standard InChI is InChI=1S/C15H21Cl2N/c1-2-18-11-15(7-3-4-8-15)10-12-5-6-13(16)9-14(12)17/h5-6,9,18H,2-4,7-8,10-11H2,1H3. The zero-order valence-corrected chi connectivity index (χ0v) is 12.4. The molecule has 3 heteroatoms. The highest BCUT2D eigenvalue weighted by atomic mass is 35.5. The Labute approximate surface area is 120 Å². The van der Waals surface area contributed by atoms with Crippen LogP contribution in [0.3, 0.4) is 0 Å². The zero-order valence-electron chi connectivity index (χ0n) is 10.9. The van der Waals surface area contributed by atoms with E-state index in [1.54, 1.807) is 0 Å². The van der Waals surface area contributed by atoms with E-state index in [4.69, 9.17) is 23.2 Å². The van der Waals surface area contributed by atoms with Gasteiger partial charge in [0.15, 0.2) is 0 Å². The average Bonchev–Trinajstić information content (AvgIpc) is 2.80. The highest BCUT2D eigenvalue weighted by Crippen LogP contribution is 2.41. The molecule has 0 spiro atoms. The molecule has 1 aliphatic carbocycles. The van der Waals surface area contributed by atoms with E-state index in [9.17, 15) is 0 Å². The maximum absolute atomic E-state index is 6.30. The van der Waals surface area contributed by atoms with Crippen LogP contribution in [0.5, 0.6) is 0 Å². The van der Waals surface area contributed by atoms with E-state index in [0.29, 0.717) is 5.41 Å². The molecule has 1 aromatic rings. The molecule has 2 rings (SSSR count). The number of benzene rings is 1. The summed E-state index contributed by atoms with van der Waals surface area (Å²) < 4.78 is 0. The lowest BCUT2D eigenvalue weighted by Crippen LogP contribution is -2.34. The molecule has 0 saturated heterocycles. The molecule has 100 valence electrons. The number of halogens is 2. The summed E-state index contributed by atoms with van der Waals surface area (Å²) in [7, 11) is 0. The number of nitrogens with one attached hydrogen (secondary N) is 1. The molecule has 1 aliphatic rings. The summed E-state index contributed by atoms with van der Waals surface area (Å²) >= 11 is 12.3. The molecule has 0 aliphatic heterocycles. The first kappa shape index (κ1) is 14.2. The van der Waals surface area contributed by atoms with Crippen LogP contribution in [0.4, 0.5) is 0 Å². The molecule has 0 heterocycles. The Hall–Kier alpha value is -0.240. The molecular weight excluding hydrogens is 265 g/mol. The summed E-state index contributed by atoms with van der Waals surface area (Å²) in [4.78, 5) is 0. The van der Waals surface area contributed by atoms with Crippen LogP contribution in [-0.2, 0) is 6.42 Å². The second-order valence-corrected chi connectivity index (χ2v) is 6.24. The van der Waals surface area contributed by atoms with E-state index < -0.39 is 0 Å². The summed E-state index contributed by atoms with van der Waals surface area (Å²) in [6, 6.07) is 5.88. The van der Waals surface area contributed by atoms with Crippen molar-refractivity contribution >= 4 is 23.2 Å². The van der Waals surface area contributed by atoms with Gasteiger partial charge in [0.25, 0.3) is 0 Å². The number of hydrogen-bond donors (Lipinski definition) is 1. The van der Waals surface area contributed by atoms with Gasteiger partial charge in [-0.2, -0.15) is 0 Å². The predicted molar refractivity (Wildman–Crippen MR) is 79.6 cm³/mol. The maximum Gasteiger partial charge on any atom is 0.0453 e. The second kappa shape index (κ2) is 6.27. The van der Waals surface area contributed by atoms with Crippen molar-refractivity contribution in [1.29, 1.82) is 0 Å². The normalized spacial score (nSPS) is 18.2. The van der Waals surface area contributed by atoms with Gasteiger partial charge in [-0.3, -0.25) is 0 Å². The van der Waals surface area contributed by atoms with Crippen LogP contribution in [-0.4, -0.2) is 13.1 Å². The van der Waals surface area contributed by atoms with Crippen molar-refractivity contribution in [2.75, 3.05) is 13.1 Å². The predicted octanol–water partition coefficient (Wildman–Crippen LogP) is 4.71. The van der Waals surface area contributed by atoms with Gasteiger partial charge in [-0.1, -0.05) is 49.0 Å². The smallest absolute Gasteiger partial charge is 0.0453 e. The minimum Gasteiger partial charge on any atom is -0.316 e. The monoisotopic (exact) mass is 285 g/mol. The topological polar surface area (TPSA) is 12.0 Å². The first-order chi connectivity index (χ1) is 8.65. The zero-order chi connectivity index (χ0) is 13.0. The van der Waals surface area contributed by atoms with Crippen molar-refractivity contribution in [3.8, 4) is 0 Å². The summed E-state index contributed by atoms with van der Waals surface area (Å²) in [5, 5.41) is 5.04. The first-order valence-electron chi connectivity index (χ1n) is 6.80. The average molecular weight is 286 g/mol. The molecule has 1 nitrogen and oxygen atoms in total. The fraction of sp³-hybridized carbons (Fsp3) is 0.600. The van der Waals surface area contributed by atoms with Crippen LogP contribution in [0.15, 0.2) is 18.2 Å². The third kappa shape index (κ3) is 3.40. The van der Waals surface area contributed by atoms with E-state index >= 15 is 0 Å². The Morgan fingerprint density at radius 2 is 1.94 bits per heavy atom. The second-order valence-electron chi connectivity index (χ2n) is 5.40. The molecule has 0 atom stereocenters. The molecular formula is C15H21Cl2N. The summed E-state index contributed by atoms with van der Waals surface area (Å²) in [5.74, 6) is 0. The molecule has 18 heavy (non-hydrogen) atoms. The highest BCUT2D eigenvalue weighted by molar-refractivity contribution is 6.35. The van der Waals surface area contributed by atoms with Gasteiger partial charge in [0.2, 0.25) is 0 Å². The summed E-state index contributed by atoms with van der Waals surface area (Å²) in [6.45, 7) is 4.30. The Bertz CT molecular complexity index is 397. The molecule has 0 unspecified atom stereocenters. The molecule has 0 amide bonds. The lowest BCUT2D eigenvalue weighted by molar-refractivity contribution is 0.280. The van der Waals surface area contributed by atoms with E-state index in [1.807, 2.05) is 12.1 Å². The van der Waals surface area contributed by atoms with E-state index in [2.05, 4.69) is 18.3 Å². The first-order valence-corrected chi connectivity index (χ1v) is 7.55. The molecule has 0 bridgehead atoms. The fourth-order valence-electron chi connectivity index (χ4n) is 3.00. The summed E-state index contributed by atoms with van der Waals surface area (Å²) in [6.07, 6.45) is 6.36. The minimum atomic E-state index is 0.396. The van der Waals surface area contributed by atoms with Crippen LogP contribution in [0.1, 0.15) is 38.2 Å². The van der Waals surface area contributed by atoms with Crippen LogP contribution in [0.25, 0.3) is 0 Å². The van der Waals surface area contributed by atoms with Crippen molar-refractivity contribution < 1.29 is 0 Å². The SMILES string of the molecule is CCNCC1(Cc2ccc(Cl)cc2Cl)CCCC1. The summed E-state index contributed by atoms with van der Waals surface area (Å²) in [5.41, 5.74) is 1.63. The van der Waals surface area contributed by atoms with Gasteiger partial charge in [-0.15, -0.1) is 0 Å². The molecule has 1 saturated carbocycles. The van der Waals surface area contributed by atoms with Gasteiger partial charge in [0.05, 0.1) is 0 Å². The van der Waals surface area contributed by atoms with Crippen LogP contribution in [0, 0.1) is 5.41 Å². The third-order valence-electron chi connectivity index (χ3n) is 3.99. The van der Waals surface area contributed by atoms with Crippen LogP contribution >= 0.6 is 23.2 Å². The van der Waals surface area contributed by atoms with Crippen molar-refractivity contribution in [3.63, 3.8) is 0 Å². The van der Waals surface area contributed by atoms with E-state index in [1.165, 1.54) is 31.2 Å². The molecule has 0 radical (unpaired) electrons. The maximum atomic E-state index is 6.30. The van der Waals surface area contributed by atoms with E-state index in [-0.39, 0.29) is 0 Å². The van der Waals surface area contributed by atoms with Crippen LogP contribution < -0.4 is 5.32 Å². The van der Waals surface area contributed by atoms with E-state index in [0.717, 1.165) is 29.6 Å². The van der Waals surface area contributed by atoms with Gasteiger partial charge in [-0.05, 0) is 48.9 Å². The Balaban J connectivity index is 2.13. The molecule has 0 aromatic heterocycles. The largest absolute Gasteiger partial charge is 0.316 e.